The average molecular weight is 280 g/mol. The van der Waals surface area contributed by atoms with E-state index in [-0.39, 0.29) is 17.5 Å². The summed E-state index contributed by atoms with van der Waals surface area (Å²) in [5, 5.41) is 14.0. The molecule has 0 unspecified atom stereocenters. The van der Waals surface area contributed by atoms with Crippen LogP contribution in [0, 0.1) is 11.3 Å². The first kappa shape index (κ1) is 14.2. The predicted octanol–water partition coefficient (Wildman–Crippen LogP) is 2.16. The van der Waals surface area contributed by atoms with E-state index in [0.29, 0.717) is 16.9 Å². The third kappa shape index (κ3) is 3.88. The van der Waals surface area contributed by atoms with Gasteiger partial charge in [-0.3, -0.25) is 9.59 Å². The van der Waals surface area contributed by atoms with Gasteiger partial charge >= 0.3 is 0 Å². The zero-order valence-electron chi connectivity index (χ0n) is 11.3. The lowest BCUT2D eigenvalue weighted by Gasteiger charge is -2.07. The van der Waals surface area contributed by atoms with Crippen molar-refractivity contribution in [3.63, 3.8) is 0 Å². The van der Waals surface area contributed by atoms with Gasteiger partial charge in [0.25, 0.3) is 5.91 Å². The molecule has 0 spiro atoms. The first-order valence-corrected chi connectivity index (χ1v) is 6.13. The smallest absolute Gasteiger partial charge is 0.274 e. The molecule has 2 aromatic rings. The van der Waals surface area contributed by atoms with Crippen molar-refractivity contribution in [3.8, 4) is 6.07 Å². The fourth-order valence-electron chi connectivity index (χ4n) is 1.67. The highest BCUT2D eigenvalue weighted by molar-refractivity contribution is 6.03. The van der Waals surface area contributed by atoms with E-state index in [1.165, 1.54) is 25.3 Å². The van der Waals surface area contributed by atoms with Crippen LogP contribution in [0.1, 0.15) is 23.0 Å². The Hall–Kier alpha value is -3.20. The summed E-state index contributed by atoms with van der Waals surface area (Å²) in [6.07, 6.45) is 1.34. The van der Waals surface area contributed by atoms with Gasteiger partial charge in [0, 0.05) is 24.5 Å². The summed E-state index contributed by atoms with van der Waals surface area (Å²) in [6.45, 7) is 1.41. The van der Waals surface area contributed by atoms with E-state index in [2.05, 4.69) is 15.6 Å². The van der Waals surface area contributed by atoms with Crippen LogP contribution in [-0.2, 0) is 4.79 Å². The number of hydrogen-bond donors (Lipinski definition) is 2. The minimum atomic E-state index is -0.389. The van der Waals surface area contributed by atoms with Crippen molar-refractivity contribution in [2.75, 3.05) is 10.6 Å². The van der Waals surface area contributed by atoms with Crippen LogP contribution in [0.4, 0.5) is 11.4 Å². The van der Waals surface area contributed by atoms with Crippen molar-refractivity contribution in [2.24, 2.45) is 0 Å². The Morgan fingerprint density at radius 3 is 2.43 bits per heavy atom. The Bertz CT molecular complexity index is 717. The van der Waals surface area contributed by atoms with Crippen LogP contribution in [0.2, 0.25) is 0 Å². The molecule has 0 saturated carbocycles. The van der Waals surface area contributed by atoms with Gasteiger partial charge in [0.1, 0.15) is 11.8 Å². The summed E-state index contributed by atoms with van der Waals surface area (Å²) < 4.78 is 0. The number of hydrogen-bond acceptors (Lipinski definition) is 4. The van der Waals surface area contributed by atoms with Gasteiger partial charge in [-0.1, -0.05) is 6.07 Å². The summed E-state index contributed by atoms with van der Waals surface area (Å²) in [7, 11) is 0. The second kappa shape index (κ2) is 6.30. The van der Waals surface area contributed by atoms with Gasteiger partial charge in [0.15, 0.2) is 0 Å². The lowest BCUT2D eigenvalue weighted by atomic mass is 10.2. The summed E-state index contributed by atoms with van der Waals surface area (Å²) in [5.41, 5.74) is 1.73. The maximum atomic E-state index is 12.0. The molecule has 0 aliphatic rings. The number of carbonyl (C=O) groups excluding carboxylic acids is 2. The van der Waals surface area contributed by atoms with Gasteiger partial charge in [0.2, 0.25) is 5.91 Å². The van der Waals surface area contributed by atoms with Crippen molar-refractivity contribution < 1.29 is 9.59 Å². The number of anilines is 2. The van der Waals surface area contributed by atoms with Gasteiger partial charge in [-0.2, -0.15) is 5.26 Å². The van der Waals surface area contributed by atoms with E-state index in [1.807, 2.05) is 6.07 Å². The molecular formula is C15H12N4O2. The normalized spacial score (nSPS) is 9.52. The minimum absolute atomic E-state index is 0.188. The molecule has 0 atom stereocenters. The third-order valence-electron chi connectivity index (χ3n) is 2.57. The van der Waals surface area contributed by atoms with Gasteiger partial charge in [-0.05, 0) is 30.3 Å². The molecule has 0 radical (unpaired) electrons. The molecule has 6 heteroatoms. The Balaban J connectivity index is 2.11. The Labute approximate surface area is 121 Å². The largest absolute Gasteiger partial charge is 0.326 e. The maximum absolute atomic E-state index is 12.0. The van der Waals surface area contributed by atoms with Gasteiger partial charge in [-0.15, -0.1) is 0 Å². The molecule has 0 bridgehead atoms. The maximum Gasteiger partial charge on any atom is 0.274 e. The Kier molecular flexibility index (Phi) is 4.26. The van der Waals surface area contributed by atoms with Crippen molar-refractivity contribution >= 4 is 23.2 Å². The SMILES string of the molecule is CC(=O)Nc1cccc(NC(=O)c2ccc(C#N)cn2)c1. The zero-order chi connectivity index (χ0) is 15.2. The molecule has 0 aliphatic carbocycles. The van der Waals surface area contributed by atoms with Crippen molar-refractivity contribution in [3.05, 3.63) is 53.9 Å². The number of nitrogens with one attached hydrogen (secondary N) is 2. The molecule has 2 N–H and O–H groups in total. The number of benzene rings is 1. The van der Waals surface area contributed by atoms with E-state index in [4.69, 9.17) is 5.26 Å². The topological polar surface area (TPSA) is 94.9 Å². The summed E-state index contributed by atoms with van der Waals surface area (Å²) in [5.74, 6) is -0.577. The molecule has 0 fully saturated rings. The molecular weight excluding hydrogens is 268 g/mol. The van der Waals surface area contributed by atoms with Crippen LogP contribution in [0.5, 0.6) is 0 Å². The van der Waals surface area contributed by atoms with E-state index in [0.717, 1.165) is 0 Å². The molecule has 1 aromatic carbocycles. The van der Waals surface area contributed by atoms with Crippen LogP contribution in [0.25, 0.3) is 0 Å². The number of carbonyl (C=O) groups is 2. The zero-order valence-corrected chi connectivity index (χ0v) is 11.3. The van der Waals surface area contributed by atoms with Gasteiger partial charge < -0.3 is 10.6 Å². The summed E-state index contributed by atoms with van der Waals surface area (Å²) in [6, 6.07) is 11.7. The van der Waals surface area contributed by atoms with Crippen molar-refractivity contribution in [1.82, 2.24) is 4.98 Å². The molecule has 1 heterocycles. The molecule has 1 aromatic heterocycles. The van der Waals surface area contributed by atoms with Gasteiger partial charge in [-0.25, -0.2) is 4.98 Å². The number of nitrogens with zero attached hydrogens (tertiary/aromatic N) is 2. The molecule has 2 rings (SSSR count). The number of pyridine rings is 1. The van der Waals surface area contributed by atoms with Crippen LogP contribution < -0.4 is 10.6 Å². The molecule has 104 valence electrons. The second-order valence-corrected chi connectivity index (χ2v) is 4.26. The molecule has 0 saturated heterocycles. The van der Waals surface area contributed by atoms with Crippen LogP contribution in [0.3, 0.4) is 0 Å². The summed E-state index contributed by atoms with van der Waals surface area (Å²) >= 11 is 0. The van der Waals surface area contributed by atoms with Crippen LogP contribution in [-0.4, -0.2) is 16.8 Å². The van der Waals surface area contributed by atoms with Gasteiger partial charge in [0.05, 0.1) is 5.56 Å². The van der Waals surface area contributed by atoms with Crippen molar-refractivity contribution in [1.29, 1.82) is 5.26 Å². The summed E-state index contributed by atoms with van der Waals surface area (Å²) in [4.78, 5) is 26.9. The van der Waals surface area contributed by atoms with Crippen LogP contribution >= 0.6 is 0 Å². The number of nitriles is 1. The van der Waals surface area contributed by atoms with E-state index < -0.39 is 0 Å². The highest BCUT2D eigenvalue weighted by Crippen LogP contribution is 2.15. The number of amides is 2. The predicted molar refractivity (Wildman–Crippen MR) is 77.7 cm³/mol. The number of rotatable bonds is 3. The third-order valence-corrected chi connectivity index (χ3v) is 2.57. The highest BCUT2D eigenvalue weighted by atomic mass is 16.2. The standard InChI is InChI=1S/C15H12N4O2/c1-10(20)18-12-3-2-4-13(7-12)19-15(21)14-6-5-11(8-16)9-17-14/h2-7,9H,1H3,(H,18,20)(H,19,21). The number of aromatic nitrogens is 1. The first-order valence-electron chi connectivity index (χ1n) is 6.13. The Morgan fingerprint density at radius 1 is 1.14 bits per heavy atom. The molecule has 0 aliphatic heterocycles. The quantitative estimate of drug-likeness (QED) is 0.900. The average Bonchev–Trinajstić information content (AvgIpc) is 2.47. The van der Waals surface area contributed by atoms with E-state index in [9.17, 15) is 9.59 Å². The lowest BCUT2D eigenvalue weighted by Crippen LogP contribution is -2.14. The first-order chi connectivity index (χ1) is 10.1. The molecule has 6 nitrogen and oxygen atoms in total. The monoisotopic (exact) mass is 280 g/mol. The van der Waals surface area contributed by atoms with Crippen LogP contribution in [0.15, 0.2) is 42.6 Å². The Morgan fingerprint density at radius 2 is 1.86 bits per heavy atom. The fraction of sp³-hybridized carbons (Fsp3) is 0.0667. The van der Waals surface area contributed by atoms with E-state index in [1.54, 1.807) is 24.3 Å². The molecule has 2 amide bonds. The fourth-order valence-corrected chi connectivity index (χ4v) is 1.67. The van der Waals surface area contributed by atoms with E-state index >= 15 is 0 Å². The second-order valence-electron chi connectivity index (χ2n) is 4.26. The minimum Gasteiger partial charge on any atom is -0.326 e. The van der Waals surface area contributed by atoms with Crippen molar-refractivity contribution in [2.45, 2.75) is 6.92 Å². The molecule has 21 heavy (non-hydrogen) atoms. The lowest BCUT2D eigenvalue weighted by molar-refractivity contribution is -0.114. The highest BCUT2D eigenvalue weighted by Gasteiger charge is 2.08.